The van der Waals surface area contributed by atoms with E-state index in [9.17, 15) is 18.0 Å². The molecule has 1 saturated carbocycles. The summed E-state index contributed by atoms with van der Waals surface area (Å²) in [4.78, 5) is 18.1. The van der Waals surface area contributed by atoms with E-state index in [-0.39, 0.29) is 11.7 Å². The summed E-state index contributed by atoms with van der Waals surface area (Å²) in [6, 6.07) is 25.3. The van der Waals surface area contributed by atoms with Gasteiger partial charge in [0.25, 0.3) is 0 Å². The Balaban J connectivity index is 1.26. The molecule has 0 atom stereocenters. The highest BCUT2D eigenvalue weighted by Crippen LogP contribution is 2.34. The first-order valence-corrected chi connectivity index (χ1v) is 13.1. The van der Waals surface area contributed by atoms with Gasteiger partial charge in [-0.05, 0) is 80.1 Å². The number of aryl methyl sites for hydroxylation is 1. The molecule has 0 saturated heterocycles. The van der Waals surface area contributed by atoms with Gasteiger partial charge in [0, 0.05) is 23.2 Å². The minimum atomic E-state index is -4.97. The second-order valence-electron chi connectivity index (χ2n) is 9.93. The zero-order chi connectivity index (χ0) is 27.4. The van der Waals surface area contributed by atoms with Crippen LogP contribution in [-0.2, 0) is 11.4 Å². The Hall–Kier alpha value is -4.07. The van der Waals surface area contributed by atoms with Crippen LogP contribution in [0.3, 0.4) is 0 Å². The van der Waals surface area contributed by atoms with Gasteiger partial charge in [0.05, 0.1) is 5.52 Å². The number of nitrogens with one attached hydrogen (secondary N) is 1. The summed E-state index contributed by atoms with van der Waals surface area (Å²) in [7, 11) is 0. The first-order chi connectivity index (χ1) is 18.8. The molecular weight excluding hydrogens is 503 g/mol. The molecule has 3 aromatic carbocycles. The van der Waals surface area contributed by atoms with Gasteiger partial charge in [-0.2, -0.15) is 13.2 Å². The second kappa shape index (κ2) is 11.4. The van der Waals surface area contributed by atoms with Gasteiger partial charge < -0.3 is 15.0 Å². The van der Waals surface area contributed by atoms with Gasteiger partial charge in [0.1, 0.15) is 18.2 Å². The van der Waals surface area contributed by atoms with Crippen molar-refractivity contribution < 1.29 is 22.7 Å². The van der Waals surface area contributed by atoms with Crippen LogP contribution in [0.5, 0.6) is 5.75 Å². The lowest BCUT2D eigenvalue weighted by Crippen LogP contribution is -2.49. The van der Waals surface area contributed by atoms with Gasteiger partial charge in [-0.15, -0.1) is 0 Å². The van der Waals surface area contributed by atoms with Crippen molar-refractivity contribution in [1.29, 1.82) is 0 Å². The molecule has 5 rings (SSSR count). The lowest BCUT2D eigenvalue weighted by Gasteiger charge is -2.37. The maximum Gasteiger partial charge on any atom is 0.471 e. The Morgan fingerprint density at radius 2 is 1.62 bits per heavy atom. The molecular formula is C31H30F3N3O2. The van der Waals surface area contributed by atoms with Crippen molar-refractivity contribution in [2.75, 3.05) is 10.2 Å². The van der Waals surface area contributed by atoms with E-state index in [4.69, 9.17) is 9.72 Å². The standard InChI is InChI=1S/C31H30F3N3O2/c1-21-19-29(36-28-10-6-5-9-27(21)28)35-23-11-13-24(14-12-23)37(30(38)31(32,33)34)25-15-17-26(18-16-25)39-20-22-7-3-2-4-8-22/h2-10,15-19,23-24H,11-14,20H2,1H3,(H,35,36). The summed E-state index contributed by atoms with van der Waals surface area (Å²) in [6.07, 6.45) is -2.84. The molecule has 1 aromatic heterocycles. The van der Waals surface area contributed by atoms with Crippen LogP contribution in [0.1, 0.15) is 36.8 Å². The normalized spacial score (nSPS) is 17.5. The van der Waals surface area contributed by atoms with Crippen molar-refractivity contribution in [2.45, 2.75) is 57.5 Å². The van der Waals surface area contributed by atoms with E-state index < -0.39 is 18.1 Å². The van der Waals surface area contributed by atoms with Gasteiger partial charge in [0.2, 0.25) is 0 Å². The van der Waals surface area contributed by atoms with Gasteiger partial charge in [0.15, 0.2) is 0 Å². The fourth-order valence-corrected chi connectivity index (χ4v) is 5.19. The van der Waals surface area contributed by atoms with E-state index in [0.29, 0.717) is 38.0 Å². The number of ether oxygens (including phenoxy) is 1. The number of hydrogen-bond donors (Lipinski definition) is 1. The zero-order valence-electron chi connectivity index (χ0n) is 21.6. The summed E-state index contributed by atoms with van der Waals surface area (Å²) < 4.78 is 46.6. The molecule has 4 aromatic rings. The van der Waals surface area contributed by atoms with Gasteiger partial charge >= 0.3 is 12.1 Å². The van der Waals surface area contributed by atoms with Gasteiger partial charge in [-0.1, -0.05) is 48.5 Å². The number of rotatable bonds is 7. The van der Waals surface area contributed by atoms with Crippen molar-refractivity contribution in [3.05, 3.63) is 96.1 Å². The second-order valence-corrected chi connectivity index (χ2v) is 9.93. The number of para-hydroxylation sites is 1. The SMILES string of the molecule is Cc1cc(NC2CCC(N(C(=O)C(F)(F)F)c3ccc(OCc4ccccc4)cc3)CC2)nc2ccccc12. The lowest BCUT2D eigenvalue weighted by atomic mass is 9.89. The predicted molar refractivity (Wildman–Crippen MR) is 147 cm³/mol. The number of fused-ring (bicyclic) bond motifs is 1. The number of nitrogens with zero attached hydrogens (tertiary/aromatic N) is 2. The van der Waals surface area contributed by atoms with Crippen molar-refractivity contribution in [1.82, 2.24) is 4.98 Å². The number of carbonyl (C=O) groups is 1. The van der Waals surface area contributed by atoms with Gasteiger partial charge in [-0.25, -0.2) is 4.98 Å². The quantitative estimate of drug-likeness (QED) is 0.268. The number of carbonyl (C=O) groups excluding carboxylic acids is 1. The Morgan fingerprint density at radius 1 is 0.949 bits per heavy atom. The molecule has 8 heteroatoms. The smallest absolute Gasteiger partial charge is 0.471 e. The minimum absolute atomic E-state index is 0.0610. The fraction of sp³-hybridized carbons (Fsp3) is 0.290. The number of pyridine rings is 1. The van der Waals surface area contributed by atoms with Crippen LogP contribution < -0.4 is 15.0 Å². The molecule has 0 unspecified atom stereocenters. The first kappa shape index (κ1) is 26.5. The van der Waals surface area contributed by atoms with E-state index in [2.05, 4.69) is 5.32 Å². The average Bonchev–Trinajstić information content (AvgIpc) is 2.94. The van der Waals surface area contributed by atoms with E-state index in [1.165, 1.54) is 12.1 Å². The molecule has 1 fully saturated rings. The van der Waals surface area contributed by atoms with Crippen LogP contribution in [0.15, 0.2) is 84.9 Å². The minimum Gasteiger partial charge on any atom is -0.489 e. The highest BCUT2D eigenvalue weighted by molar-refractivity contribution is 5.98. The Labute approximate surface area is 225 Å². The van der Waals surface area contributed by atoms with Crippen molar-refractivity contribution in [3.8, 4) is 5.75 Å². The summed E-state index contributed by atoms with van der Waals surface area (Å²) in [5.41, 5.74) is 3.20. The molecule has 39 heavy (non-hydrogen) atoms. The molecule has 202 valence electrons. The van der Waals surface area contributed by atoms with Crippen LogP contribution in [-0.4, -0.2) is 29.2 Å². The van der Waals surface area contributed by atoms with Crippen LogP contribution in [0.4, 0.5) is 24.7 Å². The highest BCUT2D eigenvalue weighted by atomic mass is 19.4. The van der Waals surface area contributed by atoms with Crippen molar-refractivity contribution >= 4 is 28.3 Å². The molecule has 1 aliphatic rings. The maximum absolute atomic E-state index is 13.6. The lowest BCUT2D eigenvalue weighted by molar-refractivity contribution is -0.171. The molecule has 1 amide bonds. The number of hydrogen-bond acceptors (Lipinski definition) is 4. The molecule has 0 bridgehead atoms. The van der Waals surface area contributed by atoms with Crippen LogP contribution in [0.25, 0.3) is 10.9 Å². The van der Waals surface area contributed by atoms with E-state index in [1.807, 2.05) is 67.6 Å². The molecule has 5 nitrogen and oxygen atoms in total. The Morgan fingerprint density at radius 3 is 2.31 bits per heavy atom. The van der Waals surface area contributed by atoms with Crippen molar-refractivity contribution in [2.24, 2.45) is 0 Å². The summed E-state index contributed by atoms with van der Waals surface area (Å²) in [5, 5.41) is 4.54. The topological polar surface area (TPSA) is 54.5 Å². The van der Waals surface area contributed by atoms with Gasteiger partial charge in [-0.3, -0.25) is 4.79 Å². The Bertz CT molecular complexity index is 1420. The summed E-state index contributed by atoms with van der Waals surface area (Å²) >= 11 is 0. The highest BCUT2D eigenvalue weighted by Gasteiger charge is 2.45. The van der Waals surface area contributed by atoms with Crippen molar-refractivity contribution in [3.63, 3.8) is 0 Å². The number of amides is 1. The average molecular weight is 534 g/mol. The third-order valence-electron chi connectivity index (χ3n) is 7.16. The number of halogens is 3. The maximum atomic E-state index is 13.6. The summed E-state index contributed by atoms with van der Waals surface area (Å²) in [5.74, 6) is -0.569. The molecule has 0 spiro atoms. The van der Waals surface area contributed by atoms with Crippen LogP contribution >= 0.6 is 0 Å². The van der Waals surface area contributed by atoms with E-state index in [0.717, 1.165) is 32.7 Å². The van der Waals surface area contributed by atoms with E-state index in [1.54, 1.807) is 12.1 Å². The largest absolute Gasteiger partial charge is 0.489 e. The molecule has 0 radical (unpaired) electrons. The number of aromatic nitrogens is 1. The van der Waals surface area contributed by atoms with E-state index >= 15 is 0 Å². The van der Waals surface area contributed by atoms with Crippen LogP contribution in [0.2, 0.25) is 0 Å². The third kappa shape index (κ3) is 6.33. The number of anilines is 2. The molecule has 1 heterocycles. The fourth-order valence-electron chi connectivity index (χ4n) is 5.19. The molecule has 0 aliphatic heterocycles. The van der Waals surface area contributed by atoms with Crippen LogP contribution in [0, 0.1) is 6.92 Å². The Kier molecular flexibility index (Phi) is 7.72. The summed E-state index contributed by atoms with van der Waals surface area (Å²) in [6.45, 7) is 2.37. The molecule has 1 aliphatic carbocycles. The number of alkyl halides is 3. The molecule has 1 N–H and O–H groups in total. The third-order valence-corrected chi connectivity index (χ3v) is 7.16. The first-order valence-electron chi connectivity index (χ1n) is 13.1. The number of benzene rings is 3. The monoisotopic (exact) mass is 533 g/mol. The predicted octanol–water partition coefficient (Wildman–Crippen LogP) is 7.44. The zero-order valence-corrected chi connectivity index (χ0v) is 21.6.